The summed E-state index contributed by atoms with van der Waals surface area (Å²) in [5.41, 5.74) is 1.00. The summed E-state index contributed by atoms with van der Waals surface area (Å²) in [6, 6.07) is 7.42. The quantitative estimate of drug-likeness (QED) is 0.791. The van der Waals surface area contributed by atoms with Gasteiger partial charge in [0.2, 0.25) is 5.91 Å². The molecular formula is C17H22N2O3S. The van der Waals surface area contributed by atoms with E-state index in [2.05, 4.69) is 10.3 Å². The summed E-state index contributed by atoms with van der Waals surface area (Å²) in [6.45, 7) is 3.76. The number of carbonyl (C=O) groups excluding carboxylic acids is 2. The maximum Gasteiger partial charge on any atom is 0.328 e. The molecule has 0 aliphatic rings. The van der Waals surface area contributed by atoms with Crippen LogP contribution in [0.15, 0.2) is 24.3 Å². The number of rotatable bonds is 7. The molecule has 1 heterocycles. The predicted molar refractivity (Wildman–Crippen MR) is 91.3 cm³/mol. The first-order chi connectivity index (χ1) is 11.0. The Morgan fingerprint density at radius 2 is 2.04 bits per heavy atom. The second-order valence-electron chi connectivity index (χ2n) is 5.74. The first-order valence-electron chi connectivity index (χ1n) is 7.73. The average molecular weight is 334 g/mol. The fourth-order valence-corrected chi connectivity index (χ4v) is 3.31. The van der Waals surface area contributed by atoms with Crippen molar-refractivity contribution < 1.29 is 14.3 Å². The molecule has 1 amide bonds. The number of aromatic nitrogens is 1. The van der Waals surface area contributed by atoms with Gasteiger partial charge in [-0.3, -0.25) is 4.79 Å². The monoisotopic (exact) mass is 334 g/mol. The molecule has 0 bridgehead atoms. The molecule has 6 heteroatoms. The van der Waals surface area contributed by atoms with Crippen LogP contribution < -0.4 is 5.32 Å². The number of fused-ring (bicyclic) bond motifs is 1. The van der Waals surface area contributed by atoms with Crippen molar-refractivity contribution in [1.29, 1.82) is 0 Å². The molecule has 0 saturated heterocycles. The van der Waals surface area contributed by atoms with Gasteiger partial charge in [-0.25, -0.2) is 9.78 Å². The van der Waals surface area contributed by atoms with E-state index in [1.807, 2.05) is 38.1 Å². The van der Waals surface area contributed by atoms with Crippen LogP contribution in [0, 0.1) is 5.92 Å². The average Bonchev–Trinajstić information content (AvgIpc) is 2.94. The Labute approximate surface area is 140 Å². The summed E-state index contributed by atoms with van der Waals surface area (Å²) >= 11 is 1.66. The lowest BCUT2D eigenvalue weighted by Gasteiger charge is -2.19. The molecule has 1 aromatic carbocycles. The van der Waals surface area contributed by atoms with Crippen LogP contribution in [0.4, 0.5) is 0 Å². The van der Waals surface area contributed by atoms with E-state index in [9.17, 15) is 9.59 Å². The predicted octanol–water partition coefficient (Wildman–Crippen LogP) is 2.93. The first-order valence-corrected chi connectivity index (χ1v) is 8.54. The molecule has 2 aromatic rings. The van der Waals surface area contributed by atoms with Gasteiger partial charge in [-0.2, -0.15) is 0 Å². The van der Waals surface area contributed by atoms with Crippen molar-refractivity contribution in [2.24, 2.45) is 5.92 Å². The Kier molecular flexibility index (Phi) is 6.10. The summed E-state index contributed by atoms with van der Waals surface area (Å²) < 4.78 is 5.88. The highest BCUT2D eigenvalue weighted by molar-refractivity contribution is 7.18. The van der Waals surface area contributed by atoms with Gasteiger partial charge in [0, 0.05) is 6.42 Å². The summed E-state index contributed by atoms with van der Waals surface area (Å²) in [6.07, 6.45) is 1.84. The number of methoxy groups -OCH3 is 1. The number of benzene rings is 1. The topological polar surface area (TPSA) is 68.3 Å². The fraction of sp³-hybridized carbons (Fsp3) is 0.471. The summed E-state index contributed by atoms with van der Waals surface area (Å²) in [5, 5.41) is 3.78. The van der Waals surface area contributed by atoms with Crippen LogP contribution in [0.2, 0.25) is 0 Å². The van der Waals surface area contributed by atoms with E-state index in [0.717, 1.165) is 21.6 Å². The van der Waals surface area contributed by atoms with E-state index in [1.165, 1.54) is 7.11 Å². The summed E-state index contributed by atoms with van der Waals surface area (Å²) in [4.78, 5) is 28.2. The van der Waals surface area contributed by atoms with Crippen molar-refractivity contribution in [3.63, 3.8) is 0 Å². The molecule has 0 fully saturated rings. The van der Waals surface area contributed by atoms with Gasteiger partial charge in [0.25, 0.3) is 0 Å². The minimum absolute atomic E-state index is 0.00402. The van der Waals surface area contributed by atoms with E-state index in [4.69, 9.17) is 4.74 Å². The zero-order valence-corrected chi connectivity index (χ0v) is 14.5. The normalized spacial score (nSPS) is 12.3. The molecule has 2 rings (SSSR count). The molecule has 1 aromatic heterocycles. The molecule has 1 atom stereocenters. The third kappa shape index (κ3) is 4.76. The number of hydrogen-bond acceptors (Lipinski definition) is 5. The largest absolute Gasteiger partial charge is 0.467 e. The van der Waals surface area contributed by atoms with Gasteiger partial charge in [0.05, 0.1) is 22.3 Å². The van der Waals surface area contributed by atoms with E-state index < -0.39 is 12.0 Å². The molecule has 0 spiro atoms. The number of thiazole rings is 1. The Morgan fingerprint density at radius 1 is 1.30 bits per heavy atom. The van der Waals surface area contributed by atoms with Crippen LogP contribution in [0.3, 0.4) is 0 Å². The Bertz CT molecular complexity index is 648. The number of ether oxygens (including phenoxy) is 1. The van der Waals surface area contributed by atoms with Gasteiger partial charge in [0.15, 0.2) is 0 Å². The van der Waals surface area contributed by atoms with Gasteiger partial charge in [-0.05, 0) is 30.9 Å². The maximum atomic E-state index is 12.0. The number of para-hydroxylation sites is 1. The van der Waals surface area contributed by atoms with Crippen molar-refractivity contribution in [2.75, 3.05) is 7.11 Å². The molecule has 0 aliphatic heterocycles. The Hall–Kier alpha value is -1.95. The van der Waals surface area contributed by atoms with Crippen LogP contribution in [-0.4, -0.2) is 30.0 Å². The van der Waals surface area contributed by atoms with Gasteiger partial charge in [0.1, 0.15) is 6.04 Å². The molecular weight excluding hydrogens is 312 g/mol. The maximum absolute atomic E-state index is 12.0. The molecule has 0 saturated carbocycles. The third-order valence-electron chi connectivity index (χ3n) is 3.57. The number of carbonyl (C=O) groups is 2. The lowest BCUT2D eigenvalue weighted by atomic mass is 10.0. The lowest BCUT2D eigenvalue weighted by Crippen LogP contribution is -2.44. The molecule has 0 aliphatic carbocycles. The molecule has 5 nitrogen and oxygen atoms in total. The fourth-order valence-electron chi connectivity index (χ4n) is 2.30. The number of nitrogens with zero attached hydrogens (tertiary/aromatic N) is 1. The molecule has 1 N–H and O–H groups in total. The minimum atomic E-state index is -0.588. The van der Waals surface area contributed by atoms with Crippen LogP contribution in [0.25, 0.3) is 10.2 Å². The van der Waals surface area contributed by atoms with E-state index in [-0.39, 0.29) is 11.8 Å². The van der Waals surface area contributed by atoms with E-state index >= 15 is 0 Å². The van der Waals surface area contributed by atoms with Crippen LogP contribution >= 0.6 is 11.3 Å². The van der Waals surface area contributed by atoms with Crippen molar-refractivity contribution in [3.05, 3.63) is 29.3 Å². The molecule has 0 radical (unpaired) electrons. The number of esters is 1. The highest BCUT2D eigenvalue weighted by Gasteiger charge is 2.24. The number of amides is 1. The zero-order valence-electron chi connectivity index (χ0n) is 13.7. The molecule has 23 heavy (non-hydrogen) atoms. The summed E-state index contributed by atoms with van der Waals surface area (Å²) in [7, 11) is 1.33. The zero-order chi connectivity index (χ0) is 16.8. The number of hydrogen-bond donors (Lipinski definition) is 1. The van der Waals surface area contributed by atoms with Gasteiger partial charge in [-0.1, -0.05) is 26.0 Å². The highest BCUT2D eigenvalue weighted by atomic mass is 32.1. The molecule has 1 unspecified atom stereocenters. The third-order valence-corrected chi connectivity index (χ3v) is 4.67. The van der Waals surface area contributed by atoms with Crippen LogP contribution in [0.1, 0.15) is 31.7 Å². The van der Waals surface area contributed by atoms with Gasteiger partial charge < -0.3 is 10.1 Å². The minimum Gasteiger partial charge on any atom is -0.467 e. The van der Waals surface area contributed by atoms with Gasteiger partial charge in [-0.15, -0.1) is 11.3 Å². The van der Waals surface area contributed by atoms with E-state index in [1.54, 1.807) is 11.3 Å². The van der Waals surface area contributed by atoms with Crippen LogP contribution in [0.5, 0.6) is 0 Å². The Balaban J connectivity index is 1.83. The standard InChI is InChI=1S/C17H22N2O3S/c1-11(2)16(17(21)22-3)19-14(20)9-6-10-15-18-12-7-4-5-8-13(12)23-15/h4-5,7-8,11,16H,6,9-10H2,1-3H3,(H,19,20). The first kappa shape index (κ1) is 17.4. The number of nitrogens with one attached hydrogen (secondary N) is 1. The summed E-state index contributed by atoms with van der Waals surface area (Å²) in [5.74, 6) is -0.537. The van der Waals surface area contributed by atoms with Crippen molar-refractivity contribution in [1.82, 2.24) is 10.3 Å². The highest BCUT2D eigenvalue weighted by Crippen LogP contribution is 2.22. The number of aryl methyl sites for hydroxylation is 1. The second kappa shape index (κ2) is 8.06. The Morgan fingerprint density at radius 3 is 2.70 bits per heavy atom. The van der Waals surface area contributed by atoms with E-state index in [0.29, 0.717) is 12.8 Å². The SMILES string of the molecule is COC(=O)C(NC(=O)CCCc1nc2ccccc2s1)C(C)C. The lowest BCUT2D eigenvalue weighted by molar-refractivity contribution is -0.146. The second-order valence-corrected chi connectivity index (χ2v) is 6.86. The smallest absolute Gasteiger partial charge is 0.328 e. The van der Waals surface area contributed by atoms with Gasteiger partial charge >= 0.3 is 5.97 Å². The molecule has 124 valence electrons. The van der Waals surface area contributed by atoms with Crippen molar-refractivity contribution in [2.45, 2.75) is 39.2 Å². The van der Waals surface area contributed by atoms with Crippen molar-refractivity contribution in [3.8, 4) is 0 Å². The van der Waals surface area contributed by atoms with Crippen LogP contribution in [-0.2, 0) is 20.7 Å². The van der Waals surface area contributed by atoms with Crippen molar-refractivity contribution >= 4 is 33.4 Å².